The van der Waals surface area contributed by atoms with Crippen LogP contribution in [0.25, 0.3) is 0 Å². The molecule has 0 aromatic carbocycles. The number of carbonyl (C=O) groups is 2. The third kappa shape index (κ3) is 2.87. The number of hydrogen-bond acceptors (Lipinski definition) is 5. The van der Waals surface area contributed by atoms with Crippen LogP contribution in [0.2, 0.25) is 0 Å². The average Bonchev–Trinajstić information content (AvgIpc) is 2.17. The van der Waals surface area contributed by atoms with E-state index in [1.807, 2.05) is 0 Å². The van der Waals surface area contributed by atoms with Crippen molar-refractivity contribution in [1.29, 1.82) is 0 Å². The molecular formula is C8H12O5. The fourth-order valence-corrected chi connectivity index (χ4v) is 1.13. The molecule has 0 bridgehead atoms. The van der Waals surface area contributed by atoms with Crippen molar-refractivity contribution in [2.45, 2.75) is 12.2 Å². The number of carbonyl (C=O) groups excluding carboxylic acids is 2. The van der Waals surface area contributed by atoms with Gasteiger partial charge in [-0.15, -0.1) is 0 Å². The summed E-state index contributed by atoms with van der Waals surface area (Å²) in [6.45, 7) is 0.981. The van der Waals surface area contributed by atoms with Crippen LogP contribution in [0.15, 0.2) is 0 Å². The molecule has 74 valence electrons. The lowest BCUT2D eigenvalue weighted by molar-refractivity contribution is -0.287. The van der Waals surface area contributed by atoms with Crippen molar-refractivity contribution in [3.8, 4) is 0 Å². The van der Waals surface area contributed by atoms with Gasteiger partial charge in [0.1, 0.15) is 25.8 Å². The van der Waals surface area contributed by atoms with Gasteiger partial charge in [0.2, 0.25) is 0 Å². The molecule has 1 fully saturated rings. The molecule has 0 aliphatic carbocycles. The minimum absolute atomic E-state index is 0.0842. The van der Waals surface area contributed by atoms with E-state index in [1.54, 1.807) is 0 Å². The molecule has 1 saturated heterocycles. The Bertz CT molecular complexity index is 173. The van der Waals surface area contributed by atoms with E-state index in [-0.39, 0.29) is 19.6 Å². The van der Waals surface area contributed by atoms with E-state index >= 15 is 0 Å². The second-order valence-corrected chi connectivity index (χ2v) is 2.66. The lowest BCUT2D eigenvalue weighted by Gasteiger charge is -2.34. The zero-order chi connectivity index (χ0) is 9.57. The van der Waals surface area contributed by atoms with E-state index in [9.17, 15) is 9.59 Å². The van der Waals surface area contributed by atoms with Gasteiger partial charge in [-0.05, 0) is 0 Å². The molecule has 5 heteroatoms. The van der Waals surface area contributed by atoms with Crippen LogP contribution in [0.1, 0.15) is 6.42 Å². The number of ether oxygens (including phenoxy) is 3. The lowest BCUT2D eigenvalue weighted by Crippen LogP contribution is -2.46. The van der Waals surface area contributed by atoms with Crippen molar-refractivity contribution >= 4 is 12.6 Å². The van der Waals surface area contributed by atoms with E-state index in [1.165, 1.54) is 0 Å². The summed E-state index contributed by atoms with van der Waals surface area (Å²) in [5.41, 5.74) is 0. The van der Waals surface area contributed by atoms with Crippen LogP contribution in [-0.2, 0) is 23.8 Å². The monoisotopic (exact) mass is 188 g/mol. The normalized spacial score (nSPS) is 28.3. The highest BCUT2D eigenvalue weighted by molar-refractivity contribution is 5.52. The molecule has 5 nitrogen and oxygen atoms in total. The van der Waals surface area contributed by atoms with Crippen LogP contribution in [0.3, 0.4) is 0 Å². The standard InChI is InChI=1S/C8H12O5/c9-2-1-8(12-4-3-10)7-11-5-6-13-8/h2-3H,1,4-7H2. The molecule has 1 aliphatic rings. The van der Waals surface area contributed by atoms with Gasteiger partial charge >= 0.3 is 0 Å². The Morgan fingerprint density at radius 1 is 1.31 bits per heavy atom. The van der Waals surface area contributed by atoms with Gasteiger partial charge in [0, 0.05) is 0 Å². The first kappa shape index (κ1) is 10.3. The number of rotatable bonds is 5. The predicted molar refractivity (Wildman–Crippen MR) is 42.2 cm³/mol. The third-order valence-corrected chi connectivity index (χ3v) is 1.72. The first-order valence-corrected chi connectivity index (χ1v) is 4.06. The van der Waals surface area contributed by atoms with Crippen molar-refractivity contribution in [2.75, 3.05) is 26.4 Å². The van der Waals surface area contributed by atoms with E-state index in [2.05, 4.69) is 0 Å². The van der Waals surface area contributed by atoms with E-state index in [0.29, 0.717) is 25.8 Å². The summed E-state index contributed by atoms with van der Waals surface area (Å²) in [7, 11) is 0. The van der Waals surface area contributed by atoms with E-state index in [0.717, 1.165) is 0 Å². The maximum atomic E-state index is 10.3. The van der Waals surface area contributed by atoms with Crippen LogP contribution in [0, 0.1) is 0 Å². The Morgan fingerprint density at radius 2 is 2.15 bits per heavy atom. The summed E-state index contributed by atoms with van der Waals surface area (Å²) < 4.78 is 15.5. The zero-order valence-electron chi connectivity index (χ0n) is 7.23. The average molecular weight is 188 g/mol. The van der Waals surface area contributed by atoms with Gasteiger partial charge in [-0.25, -0.2) is 0 Å². The molecule has 0 N–H and O–H groups in total. The minimum Gasteiger partial charge on any atom is -0.373 e. The first-order chi connectivity index (χ1) is 6.33. The molecule has 1 heterocycles. The summed E-state index contributed by atoms with van der Waals surface area (Å²) >= 11 is 0. The largest absolute Gasteiger partial charge is 0.373 e. The van der Waals surface area contributed by atoms with Crippen LogP contribution in [0.4, 0.5) is 0 Å². The molecular weight excluding hydrogens is 176 g/mol. The molecule has 0 aromatic heterocycles. The topological polar surface area (TPSA) is 61.8 Å². The Labute approximate surface area is 76.0 Å². The molecule has 1 atom stereocenters. The molecule has 13 heavy (non-hydrogen) atoms. The van der Waals surface area contributed by atoms with Gasteiger partial charge in [0.05, 0.1) is 19.6 Å². The van der Waals surface area contributed by atoms with Crippen molar-refractivity contribution in [1.82, 2.24) is 0 Å². The highest BCUT2D eigenvalue weighted by atomic mass is 16.7. The summed E-state index contributed by atoms with van der Waals surface area (Å²) in [6.07, 6.45) is 1.39. The maximum absolute atomic E-state index is 10.3. The zero-order valence-corrected chi connectivity index (χ0v) is 7.23. The Hall–Kier alpha value is -0.780. The highest BCUT2D eigenvalue weighted by Gasteiger charge is 2.34. The van der Waals surface area contributed by atoms with Gasteiger partial charge in [-0.1, -0.05) is 0 Å². The van der Waals surface area contributed by atoms with Crippen molar-refractivity contribution < 1.29 is 23.8 Å². The van der Waals surface area contributed by atoms with Gasteiger partial charge in [-0.2, -0.15) is 0 Å². The van der Waals surface area contributed by atoms with Gasteiger partial charge < -0.3 is 23.8 Å². The first-order valence-electron chi connectivity index (χ1n) is 4.06. The molecule has 1 aliphatic heterocycles. The van der Waals surface area contributed by atoms with E-state index < -0.39 is 5.79 Å². The van der Waals surface area contributed by atoms with Crippen LogP contribution in [-0.4, -0.2) is 44.8 Å². The quantitative estimate of drug-likeness (QED) is 0.546. The molecule has 0 saturated carbocycles. The lowest BCUT2D eigenvalue weighted by atomic mass is 10.2. The number of hydrogen-bond donors (Lipinski definition) is 0. The van der Waals surface area contributed by atoms with Crippen molar-refractivity contribution in [3.05, 3.63) is 0 Å². The maximum Gasteiger partial charge on any atom is 0.199 e. The number of aldehydes is 2. The van der Waals surface area contributed by atoms with Crippen LogP contribution in [0.5, 0.6) is 0 Å². The summed E-state index contributed by atoms with van der Waals surface area (Å²) in [4.78, 5) is 20.4. The van der Waals surface area contributed by atoms with Gasteiger partial charge in [0.15, 0.2) is 5.79 Å². The van der Waals surface area contributed by atoms with E-state index in [4.69, 9.17) is 14.2 Å². The van der Waals surface area contributed by atoms with Crippen LogP contribution >= 0.6 is 0 Å². The second kappa shape index (κ2) is 5.06. The second-order valence-electron chi connectivity index (χ2n) is 2.66. The van der Waals surface area contributed by atoms with Gasteiger partial charge in [0.25, 0.3) is 0 Å². The third-order valence-electron chi connectivity index (χ3n) is 1.72. The van der Waals surface area contributed by atoms with Crippen molar-refractivity contribution in [3.63, 3.8) is 0 Å². The Morgan fingerprint density at radius 3 is 2.69 bits per heavy atom. The Kier molecular flexibility index (Phi) is 4.01. The van der Waals surface area contributed by atoms with Crippen LogP contribution < -0.4 is 0 Å². The molecule has 0 spiro atoms. The fourth-order valence-electron chi connectivity index (χ4n) is 1.13. The SMILES string of the molecule is O=CCOC1(CC=O)COCCO1. The Balaban J connectivity index is 2.49. The smallest absolute Gasteiger partial charge is 0.199 e. The predicted octanol–water partition coefficient (Wildman–Crippen LogP) is -0.466. The highest BCUT2D eigenvalue weighted by Crippen LogP contribution is 2.20. The fraction of sp³-hybridized carbons (Fsp3) is 0.750. The molecule has 0 amide bonds. The molecule has 0 aromatic rings. The summed E-state index contributed by atoms with van der Waals surface area (Å²) in [6, 6.07) is 0. The van der Waals surface area contributed by atoms with Gasteiger partial charge in [-0.3, -0.25) is 0 Å². The molecule has 0 radical (unpaired) electrons. The van der Waals surface area contributed by atoms with Crippen molar-refractivity contribution in [2.24, 2.45) is 0 Å². The summed E-state index contributed by atoms with van der Waals surface area (Å²) in [5.74, 6) is -1.04. The molecule has 1 rings (SSSR count). The summed E-state index contributed by atoms with van der Waals surface area (Å²) in [5, 5.41) is 0. The minimum atomic E-state index is -1.04. The molecule has 1 unspecified atom stereocenters.